The van der Waals surface area contributed by atoms with Crippen LogP contribution in [0.1, 0.15) is 43.6 Å². The number of aromatic nitrogens is 2. The molecule has 0 radical (unpaired) electrons. The molecule has 2 heterocycles. The minimum atomic E-state index is -0.446. The van der Waals surface area contributed by atoms with Crippen molar-refractivity contribution in [3.05, 3.63) is 46.9 Å². The molecule has 1 aliphatic rings. The van der Waals surface area contributed by atoms with Gasteiger partial charge >= 0.3 is 5.97 Å². The number of para-hydroxylation sites is 1. The summed E-state index contributed by atoms with van der Waals surface area (Å²) in [5, 5.41) is 0.105. The molecule has 0 fully saturated rings. The monoisotopic (exact) mass is 345 g/mol. The Morgan fingerprint density at radius 1 is 1.33 bits per heavy atom. The summed E-state index contributed by atoms with van der Waals surface area (Å²) in [7, 11) is 0. The Bertz CT molecular complexity index is 790. The van der Waals surface area contributed by atoms with Gasteiger partial charge in [-0.25, -0.2) is 9.78 Å². The molecule has 5 nitrogen and oxygen atoms in total. The first kappa shape index (κ1) is 16.7. The van der Waals surface area contributed by atoms with Crippen molar-refractivity contribution in [2.24, 2.45) is 0 Å². The maximum atomic E-state index is 12.4. The summed E-state index contributed by atoms with van der Waals surface area (Å²) in [5.74, 6) is 0.0394. The predicted molar refractivity (Wildman–Crippen MR) is 94.1 cm³/mol. The Labute approximate surface area is 146 Å². The average Bonchev–Trinajstić information content (AvgIpc) is 2.78. The number of rotatable bonds is 3. The van der Waals surface area contributed by atoms with Crippen LogP contribution >= 0.6 is 11.6 Å². The fourth-order valence-corrected chi connectivity index (χ4v) is 3.14. The van der Waals surface area contributed by atoms with Gasteiger partial charge in [0.05, 0.1) is 6.10 Å². The number of fused-ring (bicyclic) bond motifs is 1. The van der Waals surface area contributed by atoms with E-state index in [0.29, 0.717) is 17.9 Å². The Hall–Kier alpha value is -2.14. The molecule has 3 rings (SSSR count). The summed E-state index contributed by atoms with van der Waals surface area (Å²) in [6, 6.07) is 8.12. The van der Waals surface area contributed by atoms with Gasteiger partial charge in [-0.15, -0.1) is 0 Å². The highest BCUT2D eigenvalue weighted by atomic mass is 35.5. The lowest BCUT2D eigenvalue weighted by molar-refractivity contribution is 0.0378. The van der Waals surface area contributed by atoms with E-state index in [1.54, 1.807) is 0 Å². The first-order valence-corrected chi connectivity index (χ1v) is 8.28. The SMILES string of the molecule is CC(C)OC(=O)c1cnc(Cl)nc1N1CC(C)(C)c2ccccc21. The van der Waals surface area contributed by atoms with E-state index in [1.165, 1.54) is 11.8 Å². The summed E-state index contributed by atoms with van der Waals surface area (Å²) < 4.78 is 5.33. The smallest absolute Gasteiger partial charge is 0.343 e. The van der Waals surface area contributed by atoms with Crippen LogP contribution in [0, 0.1) is 0 Å². The van der Waals surface area contributed by atoms with E-state index in [4.69, 9.17) is 16.3 Å². The summed E-state index contributed by atoms with van der Waals surface area (Å²) in [6.07, 6.45) is 1.21. The van der Waals surface area contributed by atoms with Gasteiger partial charge in [-0.2, -0.15) is 4.98 Å². The molecular weight excluding hydrogens is 326 g/mol. The highest BCUT2D eigenvalue weighted by molar-refractivity contribution is 6.28. The zero-order valence-electron chi connectivity index (χ0n) is 14.2. The topological polar surface area (TPSA) is 55.3 Å². The molecule has 6 heteroatoms. The molecule has 0 N–H and O–H groups in total. The molecule has 1 aromatic carbocycles. The number of carbonyl (C=O) groups excluding carboxylic acids is 1. The lowest BCUT2D eigenvalue weighted by Gasteiger charge is -2.23. The second-order valence-corrected chi connectivity index (χ2v) is 7.16. The molecule has 24 heavy (non-hydrogen) atoms. The zero-order valence-corrected chi connectivity index (χ0v) is 15.0. The third kappa shape index (κ3) is 2.96. The fourth-order valence-electron chi connectivity index (χ4n) is 3.02. The van der Waals surface area contributed by atoms with E-state index in [9.17, 15) is 4.79 Å². The van der Waals surface area contributed by atoms with Crippen LogP contribution < -0.4 is 4.90 Å². The molecule has 1 aliphatic heterocycles. The maximum Gasteiger partial charge on any atom is 0.343 e. The molecule has 126 valence electrons. The molecule has 1 aromatic heterocycles. The third-order valence-electron chi connectivity index (χ3n) is 4.03. The standard InChI is InChI=1S/C18H20ClN3O2/c1-11(2)24-16(23)12-9-20-17(19)21-15(12)22-10-18(3,4)13-7-5-6-8-14(13)22/h5-9,11H,10H2,1-4H3. The number of halogens is 1. The highest BCUT2D eigenvalue weighted by Gasteiger charge is 2.37. The van der Waals surface area contributed by atoms with Gasteiger partial charge in [-0.05, 0) is 37.1 Å². The van der Waals surface area contributed by atoms with Gasteiger partial charge in [0.15, 0.2) is 5.82 Å². The highest BCUT2D eigenvalue weighted by Crippen LogP contribution is 2.44. The van der Waals surface area contributed by atoms with Crippen LogP contribution in [0.5, 0.6) is 0 Å². The van der Waals surface area contributed by atoms with Crippen LogP contribution in [0.15, 0.2) is 30.5 Å². The summed E-state index contributed by atoms with van der Waals surface area (Å²) in [6.45, 7) is 8.65. The van der Waals surface area contributed by atoms with Crippen molar-refractivity contribution in [3.63, 3.8) is 0 Å². The summed E-state index contributed by atoms with van der Waals surface area (Å²) in [4.78, 5) is 22.7. The van der Waals surface area contributed by atoms with E-state index in [0.717, 1.165) is 5.69 Å². The molecule has 0 aliphatic carbocycles. The van der Waals surface area contributed by atoms with E-state index >= 15 is 0 Å². The zero-order chi connectivity index (χ0) is 17.5. The van der Waals surface area contributed by atoms with Gasteiger partial charge in [0, 0.05) is 23.8 Å². The number of benzene rings is 1. The Morgan fingerprint density at radius 2 is 2.04 bits per heavy atom. The molecule has 0 bridgehead atoms. The van der Waals surface area contributed by atoms with Crippen molar-refractivity contribution in [3.8, 4) is 0 Å². The Balaban J connectivity index is 2.10. The number of hydrogen-bond donors (Lipinski definition) is 0. The Kier molecular flexibility index (Phi) is 4.22. The second kappa shape index (κ2) is 6.06. The fraction of sp³-hybridized carbons (Fsp3) is 0.389. The molecular formula is C18H20ClN3O2. The molecule has 0 saturated carbocycles. The number of ether oxygens (including phenoxy) is 1. The van der Waals surface area contributed by atoms with E-state index in [-0.39, 0.29) is 16.8 Å². The number of esters is 1. The first-order chi connectivity index (χ1) is 11.3. The van der Waals surface area contributed by atoms with Gasteiger partial charge in [0.1, 0.15) is 5.56 Å². The van der Waals surface area contributed by atoms with Crippen molar-refractivity contribution < 1.29 is 9.53 Å². The summed E-state index contributed by atoms with van der Waals surface area (Å²) >= 11 is 6.00. The molecule has 0 unspecified atom stereocenters. The van der Waals surface area contributed by atoms with Crippen molar-refractivity contribution in [2.75, 3.05) is 11.4 Å². The van der Waals surface area contributed by atoms with Crippen LogP contribution in [0.4, 0.5) is 11.5 Å². The average molecular weight is 346 g/mol. The van der Waals surface area contributed by atoms with Crippen molar-refractivity contribution in [2.45, 2.75) is 39.2 Å². The van der Waals surface area contributed by atoms with Gasteiger partial charge in [-0.3, -0.25) is 0 Å². The van der Waals surface area contributed by atoms with Crippen molar-refractivity contribution >= 4 is 29.1 Å². The van der Waals surface area contributed by atoms with Gasteiger partial charge < -0.3 is 9.64 Å². The minimum Gasteiger partial charge on any atom is -0.459 e. The van der Waals surface area contributed by atoms with Crippen LogP contribution in [0.25, 0.3) is 0 Å². The number of carbonyl (C=O) groups is 1. The number of anilines is 2. The Morgan fingerprint density at radius 3 is 2.75 bits per heavy atom. The van der Waals surface area contributed by atoms with Crippen molar-refractivity contribution in [1.82, 2.24) is 9.97 Å². The lowest BCUT2D eigenvalue weighted by Crippen LogP contribution is -2.27. The second-order valence-electron chi connectivity index (χ2n) is 6.82. The van der Waals surface area contributed by atoms with E-state index in [1.807, 2.05) is 36.9 Å². The molecule has 0 saturated heterocycles. The van der Waals surface area contributed by atoms with Crippen LogP contribution in [0.3, 0.4) is 0 Å². The van der Waals surface area contributed by atoms with Crippen LogP contribution in [-0.2, 0) is 10.2 Å². The normalized spacial score (nSPS) is 15.5. The van der Waals surface area contributed by atoms with E-state index in [2.05, 4.69) is 29.9 Å². The minimum absolute atomic E-state index is 0.0623. The van der Waals surface area contributed by atoms with Crippen LogP contribution in [0.2, 0.25) is 5.28 Å². The number of nitrogens with zero attached hydrogens (tertiary/aromatic N) is 3. The van der Waals surface area contributed by atoms with Crippen LogP contribution in [-0.4, -0.2) is 28.6 Å². The van der Waals surface area contributed by atoms with E-state index < -0.39 is 5.97 Å². The number of hydrogen-bond acceptors (Lipinski definition) is 5. The lowest BCUT2D eigenvalue weighted by atomic mass is 9.87. The third-order valence-corrected chi connectivity index (χ3v) is 4.22. The quantitative estimate of drug-likeness (QED) is 0.618. The van der Waals surface area contributed by atoms with Crippen molar-refractivity contribution in [1.29, 1.82) is 0 Å². The maximum absolute atomic E-state index is 12.4. The van der Waals surface area contributed by atoms with Gasteiger partial charge in [-0.1, -0.05) is 32.0 Å². The first-order valence-electron chi connectivity index (χ1n) is 7.90. The molecule has 0 spiro atoms. The van der Waals surface area contributed by atoms with Gasteiger partial charge in [0.25, 0.3) is 0 Å². The predicted octanol–water partition coefficient (Wildman–Crippen LogP) is 4.12. The molecule has 0 atom stereocenters. The molecule has 0 amide bonds. The molecule has 2 aromatic rings. The largest absolute Gasteiger partial charge is 0.459 e. The summed E-state index contributed by atoms with van der Waals surface area (Å²) in [5.41, 5.74) is 2.49. The van der Waals surface area contributed by atoms with Gasteiger partial charge in [0.2, 0.25) is 5.28 Å².